The van der Waals surface area contributed by atoms with Crippen molar-refractivity contribution in [2.45, 2.75) is 37.1 Å². The number of benzene rings is 2. The highest BCUT2D eigenvalue weighted by Crippen LogP contribution is 2.18. The van der Waals surface area contributed by atoms with Crippen LogP contribution in [0.1, 0.15) is 25.3 Å². The van der Waals surface area contributed by atoms with Crippen LogP contribution in [0.3, 0.4) is 0 Å². The fourth-order valence-electron chi connectivity index (χ4n) is 2.89. The first-order valence-corrected chi connectivity index (χ1v) is 11.9. The molecule has 166 valence electrons. The molecule has 0 saturated heterocycles. The molecular formula is C24H32N4O2S. The average Bonchev–Trinajstić information content (AvgIpc) is 3.61. The van der Waals surface area contributed by atoms with Crippen LogP contribution in [0.2, 0.25) is 0 Å². The van der Waals surface area contributed by atoms with Crippen LogP contribution in [0.25, 0.3) is 0 Å². The Bertz CT molecular complexity index is 823. The fourth-order valence-corrected chi connectivity index (χ4v) is 3.68. The first-order chi connectivity index (χ1) is 15.2. The van der Waals surface area contributed by atoms with Crippen molar-refractivity contribution in [3.05, 3.63) is 60.2 Å². The van der Waals surface area contributed by atoms with Gasteiger partial charge in [0, 0.05) is 36.3 Å². The molecule has 0 atom stereocenters. The normalized spacial score (nSPS) is 13.5. The summed E-state index contributed by atoms with van der Waals surface area (Å²) in [5, 5.41) is 9.60. The lowest BCUT2D eigenvalue weighted by molar-refractivity contribution is -0.123. The minimum atomic E-state index is -0.0495. The number of carbonyl (C=O) groups excluding carboxylic acids is 1. The van der Waals surface area contributed by atoms with E-state index in [0.717, 1.165) is 44.1 Å². The van der Waals surface area contributed by atoms with E-state index in [0.29, 0.717) is 18.3 Å². The molecule has 1 aliphatic rings. The molecule has 0 spiro atoms. The van der Waals surface area contributed by atoms with Crippen LogP contribution in [0, 0.1) is 0 Å². The second kappa shape index (κ2) is 12.9. The molecular weight excluding hydrogens is 408 g/mol. The summed E-state index contributed by atoms with van der Waals surface area (Å²) >= 11 is 1.83. The number of carbonyl (C=O) groups is 1. The number of thioether (sulfide) groups is 1. The van der Waals surface area contributed by atoms with Crippen LogP contribution in [-0.4, -0.2) is 49.9 Å². The number of hydrogen-bond donors (Lipinski definition) is 3. The van der Waals surface area contributed by atoms with E-state index in [4.69, 9.17) is 4.74 Å². The SMILES string of the molecule is CCNC(=NCCc1ccc(OCC(=O)NC2CC2)cc1)NCCSc1ccccc1. The Hall–Kier alpha value is -2.67. The highest BCUT2D eigenvalue weighted by molar-refractivity contribution is 7.99. The third-order valence-corrected chi connectivity index (χ3v) is 5.67. The van der Waals surface area contributed by atoms with Crippen molar-refractivity contribution in [2.75, 3.05) is 32.0 Å². The molecule has 1 saturated carbocycles. The fraction of sp³-hybridized carbons (Fsp3) is 0.417. The Balaban J connectivity index is 1.35. The van der Waals surface area contributed by atoms with Crippen molar-refractivity contribution in [3.8, 4) is 5.75 Å². The summed E-state index contributed by atoms with van der Waals surface area (Å²) in [6, 6.07) is 18.7. The molecule has 3 rings (SSSR count). The van der Waals surface area contributed by atoms with Crippen LogP contribution in [-0.2, 0) is 11.2 Å². The molecule has 1 amide bonds. The molecule has 0 aromatic heterocycles. The van der Waals surface area contributed by atoms with Gasteiger partial charge in [-0.1, -0.05) is 30.3 Å². The van der Waals surface area contributed by atoms with Crippen molar-refractivity contribution >= 4 is 23.6 Å². The molecule has 3 N–H and O–H groups in total. The largest absolute Gasteiger partial charge is 0.484 e. The van der Waals surface area contributed by atoms with Gasteiger partial charge >= 0.3 is 0 Å². The van der Waals surface area contributed by atoms with Gasteiger partial charge in [0.15, 0.2) is 12.6 Å². The van der Waals surface area contributed by atoms with Crippen LogP contribution in [0.5, 0.6) is 5.75 Å². The molecule has 6 nitrogen and oxygen atoms in total. The molecule has 1 fully saturated rings. The van der Waals surface area contributed by atoms with Crippen LogP contribution in [0.15, 0.2) is 64.5 Å². The maximum absolute atomic E-state index is 11.7. The van der Waals surface area contributed by atoms with Gasteiger partial charge in [0.1, 0.15) is 5.75 Å². The molecule has 0 heterocycles. The lowest BCUT2D eigenvalue weighted by Gasteiger charge is -2.11. The molecule has 0 bridgehead atoms. The van der Waals surface area contributed by atoms with Gasteiger partial charge in [0.2, 0.25) is 0 Å². The van der Waals surface area contributed by atoms with Gasteiger partial charge in [0.05, 0.1) is 0 Å². The van der Waals surface area contributed by atoms with E-state index >= 15 is 0 Å². The maximum Gasteiger partial charge on any atom is 0.258 e. The standard InChI is InChI=1S/C24H32N4O2S/c1-2-25-24(27-16-17-31-22-6-4-3-5-7-22)26-15-14-19-8-12-21(13-9-19)30-18-23(29)28-20-10-11-20/h3-9,12-13,20H,2,10-11,14-18H2,1H3,(H,28,29)(H2,25,26,27). The van der Waals surface area contributed by atoms with E-state index < -0.39 is 0 Å². The number of nitrogens with zero attached hydrogens (tertiary/aromatic N) is 1. The van der Waals surface area contributed by atoms with Gasteiger partial charge < -0.3 is 20.7 Å². The van der Waals surface area contributed by atoms with Gasteiger partial charge in [-0.05, 0) is 56.0 Å². The quantitative estimate of drug-likeness (QED) is 0.205. The molecule has 0 radical (unpaired) electrons. The zero-order valence-electron chi connectivity index (χ0n) is 18.1. The molecule has 0 aliphatic heterocycles. The summed E-state index contributed by atoms with van der Waals surface area (Å²) in [4.78, 5) is 17.6. The summed E-state index contributed by atoms with van der Waals surface area (Å²) < 4.78 is 5.55. The number of nitrogens with one attached hydrogen (secondary N) is 3. The van der Waals surface area contributed by atoms with Crippen LogP contribution < -0.4 is 20.7 Å². The van der Waals surface area contributed by atoms with Crippen molar-refractivity contribution < 1.29 is 9.53 Å². The molecule has 2 aromatic carbocycles. The minimum absolute atomic E-state index is 0.0495. The highest BCUT2D eigenvalue weighted by atomic mass is 32.2. The molecule has 0 unspecified atom stereocenters. The summed E-state index contributed by atoms with van der Waals surface area (Å²) in [6.07, 6.45) is 3.01. The number of guanidine groups is 1. The lowest BCUT2D eigenvalue weighted by atomic mass is 10.1. The Morgan fingerprint density at radius 2 is 1.87 bits per heavy atom. The number of rotatable bonds is 12. The third-order valence-electron chi connectivity index (χ3n) is 4.66. The maximum atomic E-state index is 11.7. The monoisotopic (exact) mass is 440 g/mol. The Kier molecular flexibility index (Phi) is 9.57. The second-order valence-electron chi connectivity index (χ2n) is 7.37. The average molecular weight is 441 g/mol. The van der Waals surface area contributed by atoms with Crippen LogP contribution in [0.4, 0.5) is 0 Å². The summed E-state index contributed by atoms with van der Waals surface area (Å²) in [6.45, 7) is 4.52. The molecule has 31 heavy (non-hydrogen) atoms. The molecule has 2 aromatic rings. The third kappa shape index (κ3) is 9.34. The topological polar surface area (TPSA) is 74.8 Å². The van der Waals surface area contributed by atoms with Crippen molar-refractivity contribution in [1.29, 1.82) is 0 Å². The minimum Gasteiger partial charge on any atom is -0.484 e. The predicted octanol–water partition coefficient (Wildman–Crippen LogP) is 3.23. The number of aliphatic imine (C=N–C) groups is 1. The number of ether oxygens (including phenoxy) is 1. The zero-order chi connectivity index (χ0) is 21.7. The highest BCUT2D eigenvalue weighted by Gasteiger charge is 2.23. The first-order valence-electron chi connectivity index (χ1n) is 10.9. The lowest BCUT2D eigenvalue weighted by Crippen LogP contribution is -2.38. The molecule has 1 aliphatic carbocycles. The van der Waals surface area contributed by atoms with Gasteiger partial charge in [-0.25, -0.2) is 0 Å². The van der Waals surface area contributed by atoms with Crippen molar-refractivity contribution in [2.24, 2.45) is 4.99 Å². The Labute approximate surface area is 189 Å². The first kappa shape index (κ1) is 23.0. The van der Waals surface area contributed by atoms with E-state index in [1.165, 1.54) is 10.5 Å². The van der Waals surface area contributed by atoms with Crippen molar-refractivity contribution in [3.63, 3.8) is 0 Å². The van der Waals surface area contributed by atoms with Gasteiger partial charge in [-0.15, -0.1) is 11.8 Å². The van der Waals surface area contributed by atoms with Gasteiger partial charge in [-0.2, -0.15) is 0 Å². The predicted molar refractivity (Wildman–Crippen MR) is 128 cm³/mol. The van der Waals surface area contributed by atoms with E-state index in [1.807, 2.05) is 42.1 Å². The van der Waals surface area contributed by atoms with E-state index in [-0.39, 0.29) is 12.5 Å². The summed E-state index contributed by atoms with van der Waals surface area (Å²) in [5.74, 6) is 2.49. The molecule has 7 heteroatoms. The van der Waals surface area contributed by atoms with Gasteiger partial charge in [0.25, 0.3) is 5.91 Å². The van der Waals surface area contributed by atoms with E-state index in [9.17, 15) is 4.79 Å². The Morgan fingerprint density at radius 3 is 2.58 bits per heavy atom. The Morgan fingerprint density at radius 1 is 1.10 bits per heavy atom. The second-order valence-corrected chi connectivity index (χ2v) is 8.54. The van der Waals surface area contributed by atoms with E-state index in [2.05, 4.69) is 52.1 Å². The van der Waals surface area contributed by atoms with Crippen LogP contribution >= 0.6 is 11.8 Å². The van der Waals surface area contributed by atoms with Gasteiger partial charge in [-0.3, -0.25) is 9.79 Å². The number of amides is 1. The van der Waals surface area contributed by atoms with E-state index in [1.54, 1.807) is 0 Å². The van der Waals surface area contributed by atoms with Crippen molar-refractivity contribution in [1.82, 2.24) is 16.0 Å². The number of hydrogen-bond acceptors (Lipinski definition) is 4. The zero-order valence-corrected chi connectivity index (χ0v) is 18.9. The smallest absolute Gasteiger partial charge is 0.258 e. The summed E-state index contributed by atoms with van der Waals surface area (Å²) in [7, 11) is 0. The summed E-state index contributed by atoms with van der Waals surface area (Å²) in [5.41, 5.74) is 1.19.